The zero-order chi connectivity index (χ0) is 14.1. The smallest absolute Gasteiger partial charge is 0.226 e. The highest BCUT2D eigenvalue weighted by Gasteiger charge is 2.25. The summed E-state index contributed by atoms with van der Waals surface area (Å²) >= 11 is 5.99. The number of H-pyrrole nitrogens is 1. The van der Waals surface area contributed by atoms with E-state index < -0.39 is 0 Å². The van der Waals surface area contributed by atoms with Gasteiger partial charge >= 0.3 is 0 Å². The molecule has 6 nitrogen and oxygen atoms in total. The molecule has 3 rings (SSSR count). The molecular formula is C13H19ClN6. The van der Waals surface area contributed by atoms with Crippen LogP contribution in [-0.4, -0.2) is 57.8 Å². The Bertz CT molecular complexity index is 598. The molecule has 1 aliphatic heterocycles. The van der Waals surface area contributed by atoms with Crippen molar-refractivity contribution in [3.8, 4) is 0 Å². The molecule has 1 saturated heterocycles. The monoisotopic (exact) mass is 294 g/mol. The van der Waals surface area contributed by atoms with Crippen LogP contribution in [0.4, 0.5) is 5.82 Å². The van der Waals surface area contributed by atoms with Crippen LogP contribution in [0.3, 0.4) is 0 Å². The molecule has 0 amide bonds. The summed E-state index contributed by atoms with van der Waals surface area (Å²) in [5, 5.41) is 8.04. The van der Waals surface area contributed by atoms with Crippen molar-refractivity contribution < 1.29 is 0 Å². The van der Waals surface area contributed by atoms with Gasteiger partial charge < -0.3 is 4.90 Å². The normalized spacial score (nSPS) is 19.9. The first kappa shape index (κ1) is 13.6. The van der Waals surface area contributed by atoms with Gasteiger partial charge in [-0.1, -0.05) is 6.92 Å². The van der Waals surface area contributed by atoms with E-state index in [9.17, 15) is 0 Å². The number of hydrogen-bond acceptors (Lipinski definition) is 5. The predicted molar refractivity (Wildman–Crippen MR) is 80.2 cm³/mol. The van der Waals surface area contributed by atoms with Gasteiger partial charge in [-0.2, -0.15) is 15.1 Å². The van der Waals surface area contributed by atoms with Crippen LogP contribution >= 0.6 is 11.6 Å². The molecule has 2 aromatic rings. The minimum atomic E-state index is 0.252. The van der Waals surface area contributed by atoms with Gasteiger partial charge in [0.15, 0.2) is 5.65 Å². The highest BCUT2D eigenvalue weighted by atomic mass is 35.5. The molecule has 0 radical (unpaired) electrons. The fourth-order valence-corrected chi connectivity index (χ4v) is 3.17. The number of likely N-dealkylation sites (tertiary alicyclic amines) is 1. The van der Waals surface area contributed by atoms with Gasteiger partial charge in [-0.05, 0) is 37.5 Å². The summed E-state index contributed by atoms with van der Waals surface area (Å²) in [4.78, 5) is 13.2. The molecule has 20 heavy (non-hydrogen) atoms. The second-order valence-electron chi connectivity index (χ2n) is 5.25. The maximum Gasteiger partial charge on any atom is 0.226 e. The highest BCUT2D eigenvalue weighted by molar-refractivity contribution is 6.28. The summed E-state index contributed by atoms with van der Waals surface area (Å²) in [6.45, 7) is 5.46. The fourth-order valence-electron chi connectivity index (χ4n) is 3.00. The Labute approximate surface area is 123 Å². The standard InChI is InChI=1S/C13H19ClN6/c1-3-20-6-4-5-9(20)8-19(2)12-10-7-15-18-11(10)16-13(14)17-12/h7,9H,3-6,8H2,1-2H3,(H,15,16,17,18). The number of hydrogen-bond donors (Lipinski definition) is 1. The summed E-state index contributed by atoms with van der Waals surface area (Å²) in [5.74, 6) is 0.844. The van der Waals surface area contributed by atoms with Gasteiger partial charge in [0.05, 0.1) is 11.6 Å². The molecule has 1 N–H and O–H groups in total. The lowest BCUT2D eigenvalue weighted by Gasteiger charge is -2.28. The van der Waals surface area contributed by atoms with E-state index in [0.29, 0.717) is 11.7 Å². The Morgan fingerprint density at radius 2 is 2.35 bits per heavy atom. The first-order valence-electron chi connectivity index (χ1n) is 7.01. The Morgan fingerprint density at radius 1 is 1.50 bits per heavy atom. The van der Waals surface area contributed by atoms with Gasteiger partial charge in [-0.25, -0.2) is 0 Å². The largest absolute Gasteiger partial charge is 0.357 e. The number of aromatic amines is 1. The maximum atomic E-state index is 5.99. The third kappa shape index (κ3) is 2.45. The van der Waals surface area contributed by atoms with E-state index in [4.69, 9.17) is 11.6 Å². The molecule has 2 aromatic heterocycles. The topological polar surface area (TPSA) is 60.9 Å². The average molecular weight is 295 g/mol. The van der Waals surface area contributed by atoms with Crippen LogP contribution in [0.1, 0.15) is 19.8 Å². The number of halogens is 1. The Balaban J connectivity index is 1.85. The zero-order valence-corrected chi connectivity index (χ0v) is 12.6. The molecule has 0 bridgehead atoms. The third-order valence-electron chi connectivity index (χ3n) is 4.01. The molecule has 0 aromatic carbocycles. The lowest BCUT2D eigenvalue weighted by atomic mass is 10.2. The number of likely N-dealkylation sites (N-methyl/N-ethyl adjacent to an activating group) is 2. The molecule has 0 aliphatic carbocycles. The van der Waals surface area contributed by atoms with Crippen LogP contribution in [0.2, 0.25) is 5.28 Å². The lowest BCUT2D eigenvalue weighted by molar-refractivity contribution is 0.270. The number of aromatic nitrogens is 4. The van der Waals surface area contributed by atoms with Gasteiger partial charge in [-0.3, -0.25) is 10.00 Å². The van der Waals surface area contributed by atoms with Crippen molar-refractivity contribution in [2.75, 3.05) is 31.6 Å². The van der Waals surface area contributed by atoms with Gasteiger partial charge in [0.25, 0.3) is 0 Å². The van der Waals surface area contributed by atoms with Crippen molar-refractivity contribution in [1.82, 2.24) is 25.1 Å². The summed E-state index contributed by atoms with van der Waals surface area (Å²) < 4.78 is 0. The van der Waals surface area contributed by atoms with E-state index in [2.05, 4.69) is 43.9 Å². The van der Waals surface area contributed by atoms with E-state index in [0.717, 1.165) is 24.3 Å². The number of rotatable bonds is 4. The van der Waals surface area contributed by atoms with Crippen LogP contribution in [0.25, 0.3) is 11.0 Å². The summed E-state index contributed by atoms with van der Waals surface area (Å²) in [6, 6.07) is 0.584. The second-order valence-corrected chi connectivity index (χ2v) is 5.59. The van der Waals surface area contributed by atoms with Crippen molar-refractivity contribution in [2.45, 2.75) is 25.8 Å². The molecule has 1 aliphatic rings. The molecule has 3 heterocycles. The third-order valence-corrected chi connectivity index (χ3v) is 4.18. The highest BCUT2D eigenvalue weighted by Crippen LogP contribution is 2.25. The Morgan fingerprint density at radius 3 is 3.15 bits per heavy atom. The number of nitrogens with one attached hydrogen (secondary N) is 1. The molecule has 0 saturated carbocycles. The van der Waals surface area contributed by atoms with E-state index in [-0.39, 0.29) is 5.28 Å². The molecule has 7 heteroatoms. The Hall–Kier alpha value is -1.40. The number of fused-ring (bicyclic) bond motifs is 1. The van der Waals surface area contributed by atoms with Crippen LogP contribution in [0.5, 0.6) is 0 Å². The first-order chi connectivity index (χ1) is 9.69. The number of anilines is 1. The van der Waals surface area contributed by atoms with Crippen molar-refractivity contribution in [3.63, 3.8) is 0 Å². The van der Waals surface area contributed by atoms with Crippen molar-refractivity contribution in [3.05, 3.63) is 11.5 Å². The predicted octanol–water partition coefficient (Wildman–Crippen LogP) is 1.93. The number of nitrogens with zero attached hydrogens (tertiary/aromatic N) is 5. The zero-order valence-electron chi connectivity index (χ0n) is 11.8. The van der Waals surface area contributed by atoms with E-state index in [1.165, 1.54) is 19.4 Å². The van der Waals surface area contributed by atoms with E-state index in [1.54, 1.807) is 6.20 Å². The molecule has 108 valence electrons. The van der Waals surface area contributed by atoms with E-state index >= 15 is 0 Å². The minimum Gasteiger partial charge on any atom is -0.357 e. The van der Waals surface area contributed by atoms with Gasteiger partial charge in [0.1, 0.15) is 5.82 Å². The van der Waals surface area contributed by atoms with Crippen LogP contribution in [-0.2, 0) is 0 Å². The average Bonchev–Trinajstić information content (AvgIpc) is 3.05. The van der Waals surface area contributed by atoms with Crippen molar-refractivity contribution in [2.24, 2.45) is 0 Å². The Kier molecular flexibility index (Phi) is 3.76. The minimum absolute atomic E-state index is 0.252. The SMILES string of the molecule is CCN1CCCC1CN(C)c1nc(Cl)nc2[nH]ncc12. The summed E-state index contributed by atoms with van der Waals surface area (Å²) in [6.07, 6.45) is 4.27. The molecule has 1 fully saturated rings. The van der Waals surface area contributed by atoms with Gasteiger partial charge in [0, 0.05) is 19.6 Å². The van der Waals surface area contributed by atoms with Crippen molar-refractivity contribution >= 4 is 28.5 Å². The molecule has 0 spiro atoms. The summed E-state index contributed by atoms with van der Waals surface area (Å²) in [7, 11) is 2.05. The second kappa shape index (κ2) is 5.54. The fraction of sp³-hybridized carbons (Fsp3) is 0.615. The maximum absolute atomic E-state index is 5.99. The van der Waals surface area contributed by atoms with Crippen LogP contribution in [0.15, 0.2) is 6.20 Å². The van der Waals surface area contributed by atoms with Crippen LogP contribution in [0, 0.1) is 0 Å². The molecule has 1 atom stereocenters. The lowest BCUT2D eigenvalue weighted by Crippen LogP contribution is -2.39. The van der Waals surface area contributed by atoms with Crippen molar-refractivity contribution in [1.29, 1.82) is 0 Å². The quantitative estimate of drug-likeness (QED) is 0.873. The van der Waals surface area contributed by atoms with E-state index in [1.807, 2.05) is 0 Å². The molecule has 1 unspecified atom stereocenters. The van der Waals surface area contributed by atoms with Crippen LogP contribution < -0.4 is 4.90 Å². The summed E-state index contributed by atoms with van der Waals surface area (Å²) in [5.41, 5.74) is 0.686. The first-order valence-corrected chi connectivity index (χ1v) is 7.38. The molecular weight excluding hydrogens is 276 g/mol. The van der Waals surface area contributed by atoms with Gasteiger partial charge in [-0.15, -0.1) is 0 Å². The van der Waals surface area contributed by atoms with Gasteiger partial charge in [0.2, 0.25) is 5.28 Å².